The molecule has 2 amide bonds. The molecule has 7 nitrogen and oxygen atoms in total. The number of aromatic nitrogens is 2. The maximum absolute atomic E-state index is 13.0. The lowest BCUT2D eigenvalue weighted by Gasteiger charge is -2.11. The smallest absolute Gasteiger partial charge is 0.325 e. The van der Waals surface area contributed by atoms with Gasteiger partial charge in [0, 0.05) is 30.4 Å². The molecular weight excluding hydrogens is 436 g/mol. The van der Waals surface area contributed by atoms with Crippen molar-refractivity contribution in [3.05, 3.63) is 88.3 Å². The summed E-state index contributed by atoms with van der Waals surface area (Å²) >= 11 is 1.31. The zero-order valence-corrected chi connectivity index (χ0v) is 19.4. The summed E-state index contributed by atoms with van der Waals surface area (Å²) in [4.78, 5) is 38.2. The highest BCUT2D eigenvalue weighted by Gasteiger charge is 2.15. The number of nitrogens with zero attached hydrogens (tertiary/aromatic N) is 2. The Morgan fingerprint density at radius 2 is 1.52 bits per heavy atom. The number of benzene rings is 3. The molecular formula is C25H24N4O3S. The van der Waals surface area contributed by atoms with E-state index in [1.54, 1.807) is 47.5 Å². The quantitative estimate of drug-likeness (QED) is 0.423. The molecule has 2 N–H and O–H groups in total. The minimum Gasteiger partial charge on any atom is -0.325 e. The van der Waals surface area contributed by atoms with Crippen molar-refractivity contribution in [2.24, 2.45) is 14.1 Å². The molecule has 0 unspecified atom stereocenters. The van der Waals surface area contributed by atoms with Crippen molar-refractivity contribution in [2.75, 3.05) is 16.4 Å². The SMILES string of the molecule is Cc1ccc(NC(=O)CSc2ccccc2C(=O)Nc2ccc3c(c2)n(C)c(=O)n3C)cc1. The monoisotopic (exact) mass is 460 g/mol. The van der Waals surface area contributed by atoms with E-state index in [1.165, 1.54) is 11.8 Å². The molecule has 0 aliphatic heterocycles. The predicted octanol–water partition coefficient (Wildman–Crippen LogP) is 4.17. The molecule has 168 valence electrons. The number of hydrogen-bond donors (Lipinski definition) is 2. The Hall–Kier alpha value is -3.78. The van der Waals surface area contributed by atoms with E-state index in [0.29, 0.717) is 16.1 Å². The maximum atomic E-state index is 13.0. The molecule has 1 heterocycles. The third kappa shape index (κ3) is 4.85. The average molecular weight is 461 g/mol. The fraction of sp³-hybridized carbons (Fsp3) is 0.160. The highest BCUT2D eigenvalue weighted by molar-refractivity contribution is 8.00. The standard InChI is InChI=1S/C25H24N4O3S/c1-16-8-10-17(11-9-16)26-23(30)15-33-22-7-5-4-6-19(22)24(31)27-18-12-13-20-21(14-18)29(3)25(32)28(20)2/h4-14H,15H2,1-3H3,(H,26,30)(H,27,31). The first kappa shape index (κ1) is 22.4. The topological polar surface area (TPSA) is 85.1 Å². The number of thioether (sulfide) groups is 1. The summed E-state index contributed by atoms with van der Waals surface area (Å²) < 4.78 is 3.11. The van der Waals surface area contributed by atoms with Gasteiger partial charge in [-0.1, -0.05) is 29.8 Å². The molecule has 4 aromatic rings. The molecule has 0 aliphatic rings. The van der Waals surface area contributed by atoms with Crippen molar-refractivity contribution in [3.63, 3.8) is 0 Å². The van der Waals surface area contributed by atoms with Gasteiger partial charge in [0.2, 0.25) is 5.91 Å². The van der Waals surface area contributed by atoms with Gasteiger partial charge >= 0.3 is 5.69 Å². The van der Waals surface area contributed by atoms with Crippen LogP contribution in [0.5, 0.6) is 0 Å². The largest absolute Gasteiger partial charge is 0.328 e. The van der Waals surface area contributed by atoms with Gasteiger partial charge < -0.3 is 10.6 Å². The Balaban J connectivity index is 1.46. The van der Waals surface area contributed by atoms with Gasteiger partial charge in [-0.15, -0.1) is 11.8 Å². The fourth-order valence-electron chi connectivity index (χ4n) is 3.54. The van der Waals surface area contributed by atoms with Crippen molar-refractivity contribution < 1.29 is 9.59 Å². The lowest BCUT2D eigenvalue weighted by atomic mass is 10.2. The van der Waals surface area contributed by atoms with E-state index in [1.807, 2.05) is 49.4 Å². The number of imidazole rings is 1. The van der Waals surface area contributed by atoms with E-state index in [9.17, 15) is 14.4 Å². The lowest BCUT2D eigenvalue weighted by Crippen LogP contribution is -2.19. The van der Waals surface area contributed by atoms with Crippen LogP contribution in [0.15, 0.2) is 76.4 Å². The van der Waals surface area contributed by atoms with Crippen LogP contribution in [0.25, 0.3) is 11.0 Å². The van der Waals surface area contributed by atoms with E-state index in [-0.39, 0.29) is 23.3 Å². The average Bonchev–Trinajstić information content (AvgIpc) is 3.03. The molecule has 0 fully saturated rings. The van der Waals surface area contributed by atoms with Crippen LogP contribution < -0.4 is 16.3 Å². The minimum absolute atomic E-state index is 0.126. The second kappa shape index (κ2) is 9.38. The first-order chi connectivity index (χ1) is 15.8. The summed E-state index contributed by atoms with van der Waals surface area (Å²) in [5.41, 5.74) is 4.32. The van der Waals surface area contributed by atoms with Crippen molar-refractivity contribution >= 4 is 46.0 Å². The van der Waals surface area contributed by atoms with Gasteiger partial charge in [-0.25, -0.2) is 4.79 Å². The van der Waals surface area contributed by atoms with Gasteiger partial charge in [0.25, 0.3) is 5.91 Å². The van der Waals surface area contributed by atoms with Crippen LogP contribution in [-0.4, -0.2) is 26.7 Å². The normalized spacial score (nSPS) is 10.9. The van der Waals surface area contributed by atoms with Crippen LogP contribution in [0, 0.1) is 6.92 Å². The highest BCUT2D eigenvalue weighted by Crippen LogP contribution is 2.25. The van der Waals surface area contributed by atoms with Crippen LogP contribution in [0.3, 0.4) is 0 Å². The number of anilines is 2. The first-order valence-electron chi connectivity index (χ1n) is 10.4. The summed E-state index contributed by atoms with van der Waals surface area (Å²) in [6.07, 6.45) is 0. The summed E-state index contributed by atoms with van der Waals surface area (Å²) in [6.45, 7) is 1.99. The van der Waals surface area contributed by atoms with Crippen LogP contribution in [0.4, 0.5) is 11.4 Å². The second-order valence-corrected chi connectivity index (χ2v) is 8.77. The number of hydrogen-bond acceptors (Lipinski definition) is 4. The minimum atomic E-state index is -0.280. The van der Waals surface area contributed by atoms with Crippen LogP contribution in [0.1, 0.15) is 15.9 Å². The maximum Gasteiger partial charge on any atom is 0.328 e. The lowest BCUT2D eigenvalue weighted by molar-refractivity contribution is -0.113. The molecule has 0 radical (unpaired) electrons. The molecule has 33 heavy (non-hydrogen) atoms. The van der Waals surface area contributed by atoms with Crippen molar-refractivity contribution in [1.29, 1.82) is 0 Å². The summed E-state index contributed by atoms with van der Waals surface area (Å²) in [5.74, 6) is -0.247. The Bertz CT molecular complexity index is 1400. The van der Waals surface area contributed by atoms with E-state index in [4.69, 9.17) is 0 Å². The summed E-state index contributed by atoms with van der Waals surface area (Å²) in [5, 5.41) is 5.77. The van der Waals surface area contributed by atoms with Crippen LogP contribution in [0.2, 0.25) is 0 Å². The van der Waals surface area contributed by atoms with Gasteiger partial charge in [0.05, 0.1) is 22.3 Å². The molecule has 0 bridgehead atoms. The number of carbonyl (C=O) groups excluding carboxylic acids is 2. The molecule has 3 aromatic carbocycles. The number of nitrogens with one attached hydrogen (secondary N) is 2. The Labute approximate surface area is 195 Å². The molecule has 4 rings (SSSR count). The van der Waals surface area contributed by atoms with Gasteiger partial charge in [0.1, 0.15) is 0 Å². The first-order valence-corrected chi connectivity index (χ1v) is 11.4. The van der Waals surface area contributed by atoms with Gasteiger partial charge in [-0.2, -0.15) is 0 Å². The van der Waals surface area contributed by atoms with Crippen LogP contribution in [-0.2, 0) is 18.9 Å². The van der Waals surface area contributed by atoms with E-state index < -0.39 is 0 Å². The van der Waals surface area contributed by atoms with E-state index >= 15 is 0 Å². The number of carbonyl (C=O) groups is 2. The van der Waals surface area contributed by atoms with Crippen molar-refractivity contribution in [3.8, 4) is 0 Å². The molecule has 0 saturated carbocycles. The molecule has 8 heteroatoms. The second-order valence-electron chi connectivity index (χ2n) is 7.76. The molecule has 0 aliphatic carbocycles. The summed E-state index contributed by atoms with van der Waals surface area (Å²) in [6, 6.07) is 20.1. The van der Waals surface area contributed by atoms with Gasteiger partial charge in [-0.05, 0) is 49.4 Å². The number of amides is 2. The number of aryl methyl sites for hydroxylation is 3. The highest BCUT2D eigenvalue weighted by atomic mass is 32.2. The fourth-order valence-corrected chi connectivity index (χ4v) is 4.39. The summed E-state index contributed by atoms with van der Waals surface area (Å²) in [7, 11) is 3.41. The predicted molar refractivity (Wildman–Crippen MR) is 133 cm³/mol. The van der Waals surface area contributed by atoms with Crippen LogP contribution >= 0.6 is 11.8 Å². The number of fused-ring (bicyclic) bond motifs is 1. The van der Waals surface area contributed by atoms with Crippen molar-refractivity contribution in [2.45, 2.75) is 11.8 Å². The third-order valence-corrected chi connectivity index (χ3v) is 6.43. The zero-order valence-electron chi connectivity index (χ0n) is 18.6. The van der Waals surface area contributed by atoms with E-state index in [2.05, 4.69) is 10.6 Å². The van der Waals surface area contributed by atoms with Gasteiger partial charge in [0.15, 0.2) is 0 Å². The molecule has 0 atom stereocenters. The zero-order chi connectivity index (χ0) is 23.5. The third-order valence-electron chi connectivity index (χ3n) is 5.36. The van der Waals surface area contributed by atoms with Gasteiger partial charge in [-0.3, -0.25) is 18.7 Å². The Morgan fingerprint density at radius 1 is 0.848 bits per heavy atom. The van der Waals surface area contributed by atoms with E-state index in [0.717, 1.165) is 22.3 Å². The molecule has 0 saturated heterocycles. The molecule has 1 aromatic heterocycles. The molecule has 0 spiro atoms. The Kier molecular flexibility index (Phi) is 6.37. The van der Waals surface area contributed by atoms with Crippen molar-refractivity contribution in [1.82, 2.24) is 9.13 Å². The Morgan fingerprint density at radius 3 is 2.27 bits per heavy atom. The number of rotatable bonds is 6.